The molecule has 1 unspecified atom stereocenters. The van der Waals surface area contributed by atoms with Crippen LogP contribution in [0.15, 0.2) is 60.9 Å². The zero-order valence-electron chi connectivity index (χ0n) is 11.6. The van der Waals surface area contributed by atoms with Crippen LogP contribution >= 0.6 is 0 Å². The van der Waals surface area contributed by atoms with Crippen molar-refractivity contribution in [2.75, 3.05) is 5.32 Å². The van der Waals surface area contributed by atoms with Crippen LogP contribution in [0.3, 0.4) is 0 Å². The first-order chi connectivity index (χ1) is 10.4. The Kier molecular flexibility index (Phi) is 2.92. The summed E-state index contributed by atoms with van der Waals surface area (Å²) in [6.07, 6.45) is 5.83. The lowest BCUT2D eigenvalue weighted by molar-refractivity contribution is 0.754. The predicted molar refractivity (Wildman–Crippen MR) is 82.5 cm³/mol. The average Bonchev–Trinajstić information content (AvgIpc) is 3.18. The Morgan fingerprint density at radius 2 is 1.90 bits per heavy atom. The van der Waals surface area contributed by atoms with Crippen molar-refractivity contribution in [3.8, 4) is 5.69 Å². The molecule has 0 fully saturated rings. The molecule has 1 heterocycles. The SMILES string of the molecule is c1ccc2c(c1)CCC2Nc1ccccc1-n1ccnn1. The molecule has 4 heteroatoms. The van der Waals surface area contributed by atoms with E-state index in [2.05, 4.69) is 52.0 Å². The third-order valence-corrected chi connectivity index (χ3v) is 4.04. The molecule has 0 bridgehead atoms. The van der Waals surface area contributed by atoms with Crippen LogP contribution in [0.1, 0.15) is 23.6 Å². The molecule has 104 valence electrons. The summed E-state index contributed by atoms with van der Waals surface area (Å²) in [4.78, 5) is 0. The highest BCUT2D eigenvalue weighted by Gasteiger charge is 2.22. The van der Waals surface area contributed by atoms with E-state index in [-0.39, 0.29) is 0 Å². The van der Waals surface area contributed by atoms with Gasteiger partial charge in [0.25, 0.3) is 0 Å². The van der Waals surface area contributed by atoms with Gasteiger partial charge in [-0.05, 0) is 36.1 Å². The van der Waals surface area contributed by atoms with Gasteiger partial charge in [0, 0.05) is 0 Å². The minimum absolute atomic E-state index is 0.367. The van der Waals surface area contributed by atoms with Crippen molar-refractivity contribution in [2.45, 2.75) is 18.9 Å². The second-order valence-electron chi connectivity index (χ2n) is 5.30. The third kappa shape index (κ3) is 2.18. The van der Waals surface area contributed by atoms with Crippen molar-refractivity contribution in [3.05, 3.63) is 72.1 Å². The highest BCUT2D eigenvalue weighted by atomic mass is 15.4. The van der Waals surface area contributed by atoms with Gasteiger partial charge in [-0.3, -0.25) is 0 Å². The van der Waals surface area contributed by atoms with Crippen LogP contribution in [-0.2, 0) is 6.42 Å². The molecule has 1 atom stereocenters. The fourth-order valence-corrected chi connectivity index (χ4v) is 3.03. The minimum atomic E-state index is 0.367. The number of para-hydroxylation sites is 2. The third-order valence-electron chi connectivity index (χ3n) is 4.04. The zero-order valence-corrected chi connectivity index (χ0v) is 11.6. The highest BCUT2D eigenvalue weighted by Crippen LogP contribution is 2.34. The lowest BCUT2D eigenvalue weighted by atomic mass is 10.1. The van der Waals surface area contributed by atoms with Crippen LogP contribution in [-0.4, -0.2) is 15.0 Å². The van der Waals surface area contributed by atoms with E-state index in [1.54, 1.807) is 10.9 Å². The predicted octanol–water partition coefficient (Wildman–Crippen LogP) is 3.37. The van der Waals surface area contributed by atoms with Crippen LogP contribution < -0.4 is 5.32 Å². The average molecular weight is 276 g/mol. The van der Waals surface area contributed by atoms with Crippen LogP contribution in [0.2, 0.25) is 0 Å². The Labute approximate surface area is 123 Å². The molecule has 0 spiro atoms. The Morgan fingerprint density at radius 3 is 2.81 bits per heavy atom. The number of rotatable bonds is 3. The van der Waals surface area contributed by atoms with Gasteiger partial charge in [0.1, 0.15) is 0 Å². The summed E-state index contributed by atoms with van der Waals surface area (Å²) in [7, 11) is 0. The molecule has 2 aromatic carbocycles. The van der Waals surface area contributed by atoms with Gasteiger partial charge in [-0.25, -0.2) is 4.68 Å². The first-order valence-corrected chi connectivity index (χ1v) is 7.22. The molecule has 1 N–H and O–H groups in total. The monoisotopic (exact) mass is 276 g/mol. The molecule has 21 heavy (non-hydrogen) atoms. The summed E-state index contributed by atoms with van der Waals surface area (Å²) in [5, 5.41) is 11.7. The van der Waals surface area contributed by atoms with Gasteiger partial charge >= 0.3 is 0 Å². The maximum atomic E-state index is 4.09. The Balaban J connectivity index is 1.67. The van der Waals surface area contributed by atoms with Crippen LogP contribution in [0, 0.1) is 0 Å². The molecule has 1 aliphatic carbocycles. The number of hydrogen-bond acceptors (Lipinski definition) is 3. The van der Waals surface area contributed by atoms with E-state index in [4.69, 9.17) is 0 Å². The molecule has 0 saturated carbocycles. The van der Waals surface area contributed by atoms with Gasteiger partial charge in [0.05, 0.1) is 29.8 Å². The minimum Gasteiger partial charge on any atom is -0.376 e. The fourth-order valence-electron chi connectivity index (χ4n) is 3.03. The molecule has 0 radical (unpaired) electrons. The molecule has 1 aliphatic rings. The van der Waals surface area contributed by atoms with Crippen LogP contribution in [0.25, 0.3) is 5.69 Å². The van der Waals surface area contributed by atoms with E-state index in [9.17, 15) is 0 Å². The van der Waals surface area contributed by atoms with Crippen molar-refractivity contribution >= 4 is 5.69 Å². The Bertz CT molecular complexity index is 749. The summed E-state index contributed by atoms with van der Waals surface area (Å²) in [5.74, 6) is 0. The molecule has 4 nitrogen and oxygen atoms in total. The van der Waals surface area contributed by atoms with Crippen molar-refractivity contribution in [1.82, 2.24) is 15.0 Å². The second kappa shape index (κ2) is 5.05. The van der Waals surface area contributed by atoms with E-state index in [1.165, 1.54) is 11.1 Å². The summed E-state index contributed by atoms with van der Waals surface area (Å²) in [6, 6.07) is 17.3. The smallest absolute Gasteiger partial charge is 0.0894 e. The first-order valence-electron chi connectivity index (χ1n) is 7.22. The number of hydrogen-bond donors (Lipinski definition) is 1. The second-order valence-corrected chi connectivity index (χ2v) is 5.30. The van der Waals surface area contributed by atoms with Crippen molar-refractivity contribution < 1.29 is 0 Å². The van der Waals surface area contributed by atoms with Gasteiger partial charge in [0.2, 0.25) is 0 Å². The maximum Gasteiger partial charge on any atom is 0.0894 e. The number of nitrogens with one attached hydrogen (secondary N) is 1. The highest BCUT2D eigenvalue weighted by molar-refractivity contribution is 5.62. The van der Waals surface area contributed by atoms with Crippen molar-refractivity contribution in [2.24, 2.45) is 0 Å². The number of aromatic nitrogens is 3. The normalized spacial score (nSPS) is 16.7. The molecule has 0 saturated heterocycles. The Hall–Kier alpha value is -2.62. The van der Waals surface area contributed by atoms with E-state index in [1.807, 2.05) is 18.3 Å². The molecular formula is C17H16N4. The largest absolute Gasteiger partial charge is 0.376 e. The molecule has 3 aromatic rings. The number of aryl methyl sites for hydroxylation is 1. The number of nitrogens with zero attached hydrogens (tertiary/aromatic N) is 3. The summed E-state index contributed by atoms with van der Waals surface area (Å²) in [6.45, 7) is 0. The lowest BCUT2D eigenvalue weighted by Gasteiger charge is -2.18. The standard InChI is InChI=1S/C17H16N4/c1-2-6-14-13(5-1)9-10-15(14)19-16-7-3-4-8-17(16)21-12-11-18-20-21/h1-8,11-12,15,19H,9-10H2. The van der Waals surface area contributed by atoms with Crippen LogP contribution in [0.5, 0.6) is 0 Å². The van der Waals surface area contributed by atoms with E-state index in [0.717, 1.165) is 24.2 Å². The van der Waals surface area contributed by atoms with Gasteiger partial charge in [0.15, 0.2) is 0 Å². The summed E-state index contributed by atoms with van der Waals surface area (Å²) >= 11 is 0. The number of anilines is 1. The van der Waals surface area contributed by atoms with Crippen LogP contribution in [0.4, 0.5) is 5.69 Å². The first kappa shape index (κ1) is 12.1. The number of benzene rings is 2. The molecule has 1 aromatic heterocycles. The van der Waals surface area contributed by atoms with Crippen molar-refractivity contribution in [1.29, 1.82) is 0 Å². The van der Waals surface area contributed by atoms with Gasteiger partial charge in [-0.1, -0.05) is 41.6 Å². The topological polar surface area (TPSA) is 42.7 Å². The van der Waals surface area contributed by atoms with Gasteiger partial charge < -0.3 is 5.32 Å². The summed E-state index contributed by atoms with van der Waals surface area (Å²) in [5.41, 5.74) is 4.98. The van der Waals surface area contributed by atoms with E-state index >= 15 is 0 Å². The maximum absolute atomic E-state index is 4.09. The van der Waals surface area contributed by atoms with E-state index in [0.29, 0.717) is 6.04 Å². The molecular weight excluding hydrogens is 260 g/mol. The number of fused-ring (bicyclic) bond motifs is 1. The summed E-state index contributed by atoms with van der Waals surface area (Å²) < 4.78 is 1.79. The lowest BCUT2D eigenvalue weighted by Crippen LogP contribution is -2.10. The Morgan fingerprint density at radius 1 is 1.05 bits per heavy atom. The zero-order chi connectivity index (χ0) is 14.1. The fraction of sp³-hybridized carbons (Fsp3) is 0.176. The van der Waals surface area contributed by atoms with Gasteiger partial charge in [-0.2, -0.15) is 0 Å². The molecule has 0 aliphatic heterocycles. The van der Waals surface area contributed by atoms with E-state index < -0.39 is 0 Å². The van der Waals surface area contributed by atoms with Gasteiger partial charge in [-0.15, -0.1) is 5.10 Å². The molecule has 4 rings (SSSR count). The van der Waals surface area contributed by atoms with Crippen molar-refractivity contribution in [3.63, 3.8) is 0 Å². The molecule has 0 amide bonds. The quantitative estimate of drug-likeness (QED) is 0.797.